The van der Waals surface area contributed by atoms with Gasteiger partial charge in [-0.2, -0.15) is 0 Å². The van der Waals surface area contributed by atoms with Crippen molar-refractivity contribution in [2.75, 3.05) is 5.32 Å². The second kappa shape index (κ2) is 5.11. The molecule has 0 saturated carbocycles. The van der Waals surface area contributed by atoms with Gasteiger partial charge in [-0.3, -0.25) is 0 Å². The SMILES string of the molecule is Cc1c(Cl)cccc1NCc1ccc(O)cc1. The van der Waals surface area contributed by atoms with Crippen LogP contribution < -0.4 is 5.32 Å². The van der Waals surface area contributed by atoms with E-state index in [-0.39, 0.29) is 5.75 Å². The molecule has 3 heteroatoms. The first kappa shape index (κ1) is 11.8. The Balaban J connectivity index is 2.07. The fourth-order valence-corrected chi connectivity index (χ4v) is 1.78. The van der Waals surface area contributed by atoms with Crippen LogP contribution in [-0.4, -0.2) is 5.11 Å². The average Bonchev–Trinajstić information content (AvgIpc) is 2.33. The Bertz CT molecular complexity index is 508. The summed E-state index contributed by atoms with van der Waals surface area (Å²) in [7, 11) is 0. The molecule has 2 aromatic rings. The molecule has 0 saturated heterocycles. The molecule has 2 nitrogen and oxygen atoms in total. The quantitative estimate of drug-likeness (QED) is 0.860. The molecule has 0 atom stereocenters. The number of hydrogen-bond donors (Lipinski definition) is 2. The summed E-state index contributed by atoms with van der Waals surface area (Å²) in [6, 6.07) is 13.0. The summed E-state index contributed by atoms with van der Waals surface area (Å²) in [5.41, 5.74) is 3.20. The second-order valence-electron chi connectivity index (χ2n) is 3.93. The van der Waals surface area contributed by atoms with Crippen molar-refractivity contribution in [2.24, 2.45) is 0 Å². The highest BCUT2D eigenvalue weighted by molar-refractivity contribution is 6.31. The highest BCUT2D eigenvalue weighted by Gasteiger charge is 2.01. The van der Waals surface area contributed by atoms with Crippen LogP contribution in [-0.2, 0) is 6.54 Å². The molecule has 0 unspecified atom stereocenters. The number of phenols is 1. The van der Waals surface area contributed by atoms with Gasteiger partial charge in [0.2, 0.25) is 0 Å². The van der Waals surface area contributed by atoms with Gasteiger partial charge in [0.15, 0.2) is 0 Å². The van der Waals surface area contributed by atoms with Crippen LogP contribution >= 0.6 is 11.6 Å². The maximum Gasteiger partial charge on any atom is 0.115 e. The van der Waals surface area contributed by atoms with Gasteiger partial charge in [0.05, 0.1) is 0 Å². The van der Waals surface area contributed by atoms with Crippen LogP contribution in [0.2, 0.25) is 5.02 Å². The molecule has 0 radical (unpaired) electrons. The third-order valence-corrected chi connectivity index (χ3v) is 3.10. The number of anilines is 1. The predicted octanol–water partition coefficient (Wildman–Crippen LogP) is 3.97. The van der Waals surface area contributed by atoms with E-state index in [1.165, 1.54) is 0 Å². The Morgan fingerprint density at radius 3 is 2.53 bits per heavy atom. The molecule has 0 fully saturated rings. The maximum absolute atomic E-state index is 9.18. The first-order valence-corrected chi connectivity index (χ1v) is 5.81. The minimum absolute atomic E-state index is 0.285. The Labute approximate surface area is 106 Å². The number of aromatic hydroxyl groups is 1. The van der Waals surface area contributed by atoms with Crippen molar-refractivity contribution >= 4 is 17.3 Å². The lowest BCUT2D eigenvalue weighted by atomic mass is 10.1. The van der Waals surface area contributed by atoms with Gasteiger partial charge in [0, 0.05) is 17.3 Å². The summed E-state index contributed by atoms with van der Waals surface area (Å²) in [5.74, 6) is 0.285. The zero-order valence-electron chi connectivity index (χ0n) is 9.57. The minimum atomic E-state index is 0.285. The Morgan fingerprint density at radius 1 is 1.12 bits per heavy atom. The van der Waals surface area contributed by atoms with E-state index in [1.54, 1.807) is 12.1 Å². The Morgan fingerprint density at radius 2 is 1.82 bits per heavy atom. The lowest BCUT2D eigenvalue weighted by Gasteiger charge is -2.10. The number of rotatable bonds is 3. The molecule has 0 bridgehead atoms. The molecular weight excluding hydrogens is 234 g/mol. The first-order chi connectivity index (χ1) is 8.16. The zero-order valence-corrected chi connectivity index (χ0v) is 10.3. The van der Waals surface area contributed by atoms with Crippen LogP contribution in [0.3, 0.4) is 0 Å². The molecule has 2 rings (SSSR count). The molecular formula is C14H14ClNO. The lowest BCUT2D eigenvalue weighted by molar-refractivity contribution is 0.475. The molecule has 0 aliphatic carbocycles. The number of hydrogen-bond acceptors (Lipinski definition) is 2. The van der Waals surface area contributed by atoms with Crippen molar-refractivity contribution < 1.29 is 5.11 Å². The molecule has 88 valence electrons. The van der Waals surface area contributed by atoms with E-state index in [2.05, 4.69) is 5.32 Å². The van der Waals surface area contributed by atoms with Crippen molar-refractivity contribution in [1.29, 1.82) is 0 Å². The van der Waals surface area contributed by atoms with Crippen LogP contribution in [0.1, 0.15) is 11.1 Å². The van der Waals surface area contributed by atoms with Crippen LogP contribution in [0, 0.1) is 6.92 Å². The summed E-state index contributed by atoms with van der Waals surface area (Å²) in [6.45, 7) is 2.70. The fourth-order valence-electron chi connectivity index (χ4n) is 1.61. The molecule has 0 aliphatic rings. The van der Waals surface area contributed by atoms with Gasteiger partial charge < -0.3 is 10.4 Å². The normalized spacial score (nSPS) is 10.2. The number of halogens is 1. The first-order valence-electron chi connectivity index (χ1n) is 5.44. The largest absolute Gasteiger partial charge is 0.508 e. The van der Waals surface area contributed by atoms with Gasteiger partial charge in [0.25, 0.3) is 0 Å². The van der Waals surface area contributed by atoms with E-state index >= 15 is 0 Å². The summed E-state index contributed by atoms with van der Waals surface area (Å²) < 4.78 is 0. The summed E-state index contributed by atoms with van der Waals surface area (Å²) >= 11 is 6.04. The second-order valence-corrected chi connectivity index (χ2v) is 4.34. The highest BCUT2D eigenvalue weighted by Crippen LogP contribution is 2.23. The molecule has 0 amide bonds. The van der Waals surface area contributed by atoms with Crippen molar-refractivity contribution in [3.63, 3.8) is 0 Å². The maximum atomic E-state index is 9.18. The number of nitrogens with one attached hydrogen (secondary N) is 1. The molecule has 0 spiro atoms. The van der Waals surface area contributed by atoms with Gasteiger partial charge in [-0.25, -0.2) is 0 Å². The topological polar surface area (TPSA) is 32.3 Å². The summed E-state index contributed by atoms with van der Waals surface area (Å²) in [4.78, 5) is 0. The third kappa shape index (κ3) is 2.92. The van der Waals surface area contributed by atoms with E-state index in [0.29, 0.717) is 6.54 Å². The van der Waals surface area contributed by atoms with Gasteiger partial charge in [-0.15, -0.1) is 0 Å². The average molecular weight is 248 g/mol. The highest BCUT2D eigenvalue weighted by atomic mass is 35.5. The third-order valence-electron chi connectivity index (χ3n) is 2.69. The lowest BCUT2D eigenvalue weighted by Crippen LogP contribution is -2.00. The fraction of sp³-hybridized carbons (Fsp3) is 0.143. The molecule has 2 aromatic carbocycles. The van der Waals surface area contributed by atoms with Crippen LogP contribution in [0.5, 0.6) is 5.75 Å². The van der Waals surface area contributed by atoms with E-state index in [4.69, 9.17) is 11.6 Å². The molecule has 2 N–H and O–H groups in total. The van der Waals surface area contributed by atoms with Gasteiger partial charge in [-0.05, 0) is 42.3 Å². The Hall–Kier alpha value is -1.67. The van der Waals surface area contributed by atoms with Crippen LogP contribution in [0.4, 0.5) is 5.69 Å². The number of benzene rings is 2. The van der Waals surface area contributed by atoms with Crippen LogP contribution in [0.25, 0.3) is 0 Å². The van der Waals surface area contributed by atoms with Crippen molar-refractivity contribution in [3.05, 3.63) is 58.6 Å². The smallest absolute Gasteiger partial charge is 0.115 e. The van der Waals surface area contributed by atoms with E-state index in [9.17, 15) is 5.11 Å². The van der Waals surface area contributed by atoms with Crippen molar-refractivity contribution in [2.45, 2.75) is 13.5 Å². The van der Waals surface area contributed by atoms with Gasteiger partial charge >= 0.3 is 0 Å². The van der Waals surface area contributed by atoms with E-state index < -0.39 is 0 Å². The molecule has 0 heterocycles. The molecule has 17 heavy (non-hydrogen) atoms. The monoisotopic (exact) mass is 247 g/mol. The Kier molecular flexibility index (Phi) is 3.55. The van der Waals surface area contributed by atoms with Crippen LogP contribution in [0.15, 0.2) is 42.5 Å². The summed E-state index contributed by atoms with van der Waals surface area (Å²) in [6.07, 6.45) is 0. The summed E-state index contributed by atoms with van der Waals surface area (Å²) in [5, 5.41) is 13.3. The number of phenolic OH excluding ortho intramolecular Hbond substituents is 1. The minimum Gasteiger partial charge on any atom is -0.508 e. The predicted molar refractivity (Wildman–Crippen MR) is 71.6 cm³/mol. The zero-order chi connectivity index (χ0) is 12.3. The van der Waals surface area contributed by atoms with Crippen molar-refractivity contribution in [3.8, 4) is 5.75 Å². The van der Waals surface area contributed by atoms with Gasteiger partial charge in [-0.1, -0.05) is 29.8 Å². The molecule has 0 aliphatic heterocycles. The van der Waals surface area contributed by atoms with E-state index in [0.717, 1.165) is 21.8 Å². The van der Waals surface area contributed by atoms with E-state index in [1.807, 2.05) is 37.3 Å². The van der Waals surface area contributed by atoms with Gasteiger partial charge in [0.1, 0.15) is 5.75 Å². The molecule has 0 aromatic heterocycles. The standard InChI is InChI=1S/C14H14ClNO/c1-10-13(15)3-2-4-14(10)16-9-11-5-7-12(17)8-6-11/h2-8,16-17H,9H2,1H3. The van der Waals surface area contributed by atoms with Crippen molar-refractivity contribution in [1.82, 2.24) is 0 Å².